The van der Waals surface area contributed by atoms with Crippen molar-refractivity contribution < 1.29 is 23.1 Å². The molecule has 0 spiro atoms. The van der Waals surface area contributed by atoms with E-state index in [1.165, 1.54) is 6.07 Å². The van der Waals surface area contributed by atoms with Gasteiger partial charge in [0, 0.05) is 12.6 Å². The summed E-state index contributed by atoms with van der Waals surface area (Å²) in [6.45, 7) is 4.22. The Bertz CT molecular complexity index is 588. The maximum Gasteiger partial charge on any atom is 0.337 e. The molecule has 0 aromatic heterocycles. The standard InChI is InChI=1S/C12H16ClNO5S/c1-3-19-7-8(2)14-20(17,18)9-4-5-10(12(15)16)11(13)6-9/h4-6,8,14H,3,7H2,1-2H3,(H,15,16). The summed E-state index contributed by atoms with van der Waals surface area (Å²) in [6, 6.07) is 3.07. The normalized spacial score (nSPS) is 13.2. The molecule has 0 bridgehead atoms. The quantitative estimate of drug-likeness (QED) is 0.798. The Labute approximate surface area is 122 Å². The first-order valence-electron chi connectivity index (χ1n) is 5.91. The van der Waals surface area contributed by atoms with Gasteiger partial charge in [0.15, 0.2) is 0 Å². The predicted octanol–water partition coefficient (Wildman–Crippen LogP) is 1.74. The van der Waals surface area contributed by atoms with Crippen LogP contribution < -0.4 is 4.72 Å². The van der Waals surface area contributed by atoms with Crippen molar-refractivity contribution in [3.05, 3.63) is 28.8 Å². The third-order valence-corrected chi connectivity index (χ3v) is 4.31. The first-order valence-corrected chi connectivity index (χ1v) is 7.77. The lowest BCUT2D eigenvalue weighted by Crippen LogP contribution is -2.35. The fraction of sp³-hybridized carbons (Fsp3) is 0.417. The van der Waals surface area contributed by atoms with Crippen LogP contribution in [0.1, 0.15) is 24.2 Å². The van der Waals surface area contributed by atoms with Gasteiger partial charge in [0.1, 0.15) is 0 Å². The summed E-state index contributed by atoms with van der Waals surface area (Å²) >= 11 is 5.75. The van der Waals surface area contributed by atoms with Gasteiger partial charge in [-0.15, -0.1) is 0 Å². The number of hydrogen-bond donors (Lipinski definition) is 2. The molecule has 1 aromatic carbocycles. The van der Waals surface area contributed by atoms with E-state index in [9.17, 15) is 13.2 Å². The first-order chi connectivity index (χ1) is 9.27. The summed E-state index contributed by atoms with van der Waals surface area (Å²) in [4.78, 5) is 10.7. The van der Waals surface area contributed by atoms with Gasteiger partial charge in [0.05, 0.1) is 22.1 Å². The van der Waals surface area contributed by atoms with Gasteiger partial charge in [-0.05, 0) is 32.0 Å². The molecule has 0 aliphatic rings. The number of carboxylic acid groups (broad SMARTS) is 1. The molecule has 0 radical (unpaired) electrons. The van der Waals surface area contributed by atoms with Gasteiger partial charge in [-0.3, -0.25) is 0 Å². The van der Waals surface area contributed by atoms with Gasteiger partial charge in [-0.1, -0.05) is 11.6 Å². The molecule has 112 valence electrons. The number of aromatic carboxylic acids is 1. The van der Waals surface area contributed by atoms with Crippen LogP contribution in [0.25, 0.3) is 0 Å². The van der Waals surface area contributed by atoms with Crippen LogP contribution >= 0.6 is 11.6 Å². The van der Waals surface area contributed by atoms with Crippen molar-refractivity contribution in [3.8, 4) is 0 Å². The summed E-state index contributed by atoms with van der Waals surface area (Å²) < 4.78 is 31.7. The number of sulfonamides is 1. The molecule has 0 saturated carbocycles. The molecule has 8 heteroatoms. The molecular weight excluding hydrogens is 306 g/mol. The minimum absolute atomic E-state index is 0.0872. The van der Waals surface area contributed by atoms with E-state index in [4.69, 9.17) is 21.4 Å². The van der Waals surface area contributed by atoms with Crippen molar-refractivity contribution in [2.45, 2.75) is 24.8 Å². The largest absolute Gasteiger partial charge is 0.478 e. The molecule has 1 aromatic rings. The highest BCUT2D eigenvalue weighted by Crippen LogP contribution is 2.21. The van der Waals surface area contributed by atoms with Gasteiger partial charge in [0.2, 0.25) is 10.0 Å². The fourth-order valence-corrected chi connectivity index (χ4v) is 3.08. The highest BCUT2D eigenvalue weighted by atomic mass is 35.5. The topological polar surface area (TPSA) is 92.7 Å². The van der Waals surface area contributed by atoms with Gasteiger partial charge in [0.25, 0.3) is 0 Å². The first kappa shape index (κ1) is 16.9. The molecule has 1 rings (SSSR count). The third kappa shape index (κ3) is 4.45. The van der Waals surface area contributed by atoms with E-state index in [0.29, 0.717) is 6.61 Å². The van der Waals surface area contributed by atoms with Crippen LogP contribution in [0.3, 0.4) is 0 Å². The van der Waals surface area contributed by atoms with E-state index in [0.717, 1.165) is 12.1 Å². The summed E-state index contributed by atoms with van der Waals surface area (Å²) in [5.41, 5.74) is -0.145. The number of carbonyl (C=O) groups is 1. The summed E-state index contributed by atoms with van der Waals surface area (Å²) in [6.07, 6.45) is 0. The van der Waals surface area contributed by atoms with Crippen molar-refractivity contribution in [1.29, 1.82) is 0 Å². The second kappa shape index (κ2) is 7.03. The van der Waals surface area contributed by atoms with Crippen LogP contribution in [0.15, 0.2) is 23.1 Å². The van der Waals surface area contributed by atoms with Crippen LogP contribution in [0.2, 0.25) is 5.02 Å². The molecule has 1 atom stereocenters. The number of ether oxygens (including phenoxy) is 1. The zero-order valence-electron chi connectivity index (χ0n) is 11.1. The summed E-state index contributed by atoms with van der Waals surface area (Å²) in [5.74, 6) is -1.21. The molecule has 0 heterocycles. The van der Waals surface area contributed by atoms with Crippen molar-refractivity contribution in [1.82, 2.24) is 4.72 Å². The lowest BCUT2D eigenvalue weighted by atomic mass is 10.2. The zero-order valence-corrected chi connectivity index (χ0v) is 12.7. The monoisotopic (exact) mass is 321 g/mol. The second-order valence-electron chi connectivity index (χ2n) is 4.13. The van der Waals surface area contributed by atoms with E-state index in [1.54, 1.807) is 6.92 Å². The number of rotatable bonds is 7. The Morgan fingerprint density at radius 2 is 2.15 bits per heavy atom. The van der Waals surface area contributed by atoms with Crippen molar-refractivity contribution in [3.63, 3.8) is 0 Å². The molecule has 0 aliphatic heterocycles. The van der Waals surface area contributed by atoms with E-state index in [1.807, 2.05) is 6.92 Å². The highest BCUT2D eigenvalue weighted by molar-refractivity contribution is 7.89. The highest BCUT2D eigenvalue weighted by Gasteiger charge is 2.19. The van der Waals surface area contributed by atoms with Crippen LogP contribution in [0.4, 0.5) is 0 Å². The van der Waals surface area contributed by atoms with Crippen molar-refractivity contribution in [2.75, 3.05) is 13.2 Å². The number of carboxylic acids is 1. The molecule has 1 unspecified atom stereocenters. The van der Waals surface area contributed by atoms with Crippen LogP contribution in [-0.2, 0) is 14.8 Å². The number of halogens is 1. The average molecular weight is 322 g/mol. The Kier molecular flexibility index (Phi) is 5.94. The lowest BCUT2D eigenvalue weighted by Gasteiger charge is -2.14. The summed E-state index contributed by atoms with van der Waals surface area (Å²) in [7, 11) is -3.76. The maximum absolute atomic E-state index is 12.1. The number of benzene rings is 1. The predicted molar refractivity (Wildman–Crippen MR) is 74.7 cm³/mol. The van der Waals surface area contributed by atoms with E-state index in [-0.39, 0.29) is 22.1 Å². The smallest absolute Gasteiger partial charge is 0.337 e. The Hall–Kier alpha value is -1.15. The molecule has 0 amide bonds. The summed E-state index contributed by atoms with van der Waals surface area (Å²) in [5, 5.41) is 8.71. The van der Waals surface area contributed by atoms with Gasteiger partial charge < -0.3 is 9.84 Å². The van der Waals surface area contributed by atoms with Crippen molar-refractivity contribution in [2.24, 2.45) is 0 Å². The SMILES string of the molecule is CCOCC(C)NS(=O)(=O)c1ccc(C(=O)O)c(Cl)c1. The maximum atomic E-state index is 12.1. The molecule has 0 aliphatic carbocycles. The van der Waals surface area contributed by atoms with Gasteiger partial charge in [-0.2, -0.15) is 0 Å². The van der Waals surface area contributed by atoms with Crippen LogP contribution in [-0.4, -0.2) is 38.7 Å². The Morgan fingerprint density at radius 3 is 2.65 bits per heavy atom. The van der Waals surface area contributed by atoms with Crippen LogP contribution in [0.5, 0.6) is 0 Å². The Balaban J connectivity index is 2.93. The molecular formula is C12H16ClNO5S. The van der Waals surface area contributed by atoms with Crippen LogP contribution in [0, 0.1) is 0 Å². The van der Waals surface area contributed by atoms with E-state index < -0.39 is 22.0 Å². The molecule has 0 saturated heterocycles. The third-order valence-electron chi connectivity index (χ3n) is 2.41. The fourth-order valence-electron chi connectivity index (χ4n) is 1.50. The lowest BCUT2D eigenvalue weighted by molar-refractivity contribution is 0.0697. The average Bonchev–Trinajstić information content (AvgIpc) is 2.35. The van der Waals surface area contributed by atoms with E-state index in [2.05, 4.69) is 4.72 Å². The molecule has 2 N–H and O–H groups in total. The number of hydrogen-bond acceptors (Lipinski definition) is 4. The second-order valence-corrected chi connectivity index (χ2v) is 6.25. The molecule has 20 heavy (non-hydrogen) atoms. The number of nitrogens with one attached hydrogen (secondary N) is 1. The van der Waals surface area contributed by atoms with Crippen molar-refractivity contribution >= 4 is 27.6 Å². The molecule has 6 nitrogen and oxygen atoms in total. The zero-order chi connectivity index (χ0) is 15.3. The Morgan fingerprint density at radius 1 is 1.50 bits per heavy atom. The van der Waals surface area contributed by atoms with E-state index >= 15 is 0 Å². The molecule has 0 fully saturated rings. The van der Waals surface area contributed by atoms with Gasteiger partial charge in [-0.25, -0.2) is 17.9 Å². The minimum atomic E-state index is -3.76. The minimum Gasteiger partial charge on any atom is -0.478 e. The van der Waals surface area contributed by atoms with Gasteiger partial charge >= 0.3 is 5.97 Å².